The SMILES string of the molecule is CN=C(NCc1ccccc1CN1CC(C)CC(C)C1)N1CCN(Cc2ccon2)CC1. The Labute approximate surface area is 192 Å². The molecule has 0 spiro atoms. The van der Waals surface area contributed by atoms with E-state index in [9.17, 15) is 0 Å². The minimum atomic E-state index is 0.783. The van der Waals surface area contributed by atoms with Crippen LogP contribution in [-0.2, 0) is 19.6 Å². The number of guanidine groups is 1. The van der Waals surface area contributed by atoms with Crippen LogP contribution in [0.3, 0.4) is 0 Å². The van der Waals surface area contributed by atoms with Gasteiger partial charge in [-0.1, -0.05) is 43.3 Å². The molecule has 0 amide bonds. The first kappa shape index (κ1) is 22.8. The van der Waals surface area contributed by atoms with Gasteiger partial charge in [0.15, 0.2) is 5.96 Å². The lowest BCUT2D eigenvalue weighted by atomic mass is 9.91. The van der Waals surface area contributed by atoms with E-state index in [0.717, 1.165) is 69.3 Å². The lowest BCUT2D eigenvalue weighted by Crippen LogP contribution is -2.52. The predicted molar refractivity (Wildman–Crippen MR) is 128 cm³/mol. The second-order valence-corrected chi connectivity index (χ2v) is 9.56. The molecule has 2 fully saturated rings. The molecule has 0 saturated carbocycles. The summed E-state index contributed by atoms with van der Waals surface area (Å²) in [5, 5.41) is 7.65. The highest BCUT2D eigenvalue weighted by Gasteiger charge is 2.23. The Morgan fingerprint density at radius 2 is 1.72 bits per heavy atom. The topological polar surface area (TPSA) is 60.1 Å². The van der Waals surface area contributed by atoms with Crippen LogP contribution in [0.4, 0.5) is 0 Å². The van der Waals surface area contributed by atoms with E-state index in [0.29, 0.717) is 0 Å². The summed E-state index contributed by atoms with van der Waals surface area (Å²) in [6.07, 6.45) is 2.99. The number of aliphatic imine (C=N–C) groups is 1. The molecule has 1 aromatic carbocycles. The molecule has 2 unspecified atom stereocenters. The minimum absolute atomic E-state index is 0.783. The smallest absolute Gasteiger partial charge is 0.194 e. The molecule has 2 atom stereocenters. The Morgan fingerprint density at radius 1 is 1.00 bits per heavy atom. The van der Waals surface area contributed by atoms with E-state index in [4.69, 9.17) is 4.52 Å². The number of piperidine rings is 1. The van der Waals surface area contributed by atoms with Gasteiger partial charge in [-0.05, 0) is 29.4 Å². The van der Waals surface area contributed by atoms with Gasteiger partial charge in [-0.25, -0.2) is 0 Å². The predicted octanol–water partition coefficient (Wildman–Crippen LogP) is 3.05. The number of likely N-dealkylation sites (tertiary alicyclic amines) is 1. The highest BCUT2D eigenvalue weighted by atomic mass is 16.5. The summed E-state index contributed by atoms with van der Waals surface area (Å²) in [6.45, 7) is 13.8. The summed E-state index contributed by atoms with van der Waals surface area (Å²) in [4.78, 5) is 12.0. The highest BCUT2D eigenvalue weighted by molar-refractivity contribution is 5.80. The van der Waals surface area contributed by atoms with E-state index in [-0.39, 0.29) is 0 Å². The fourth-order valence-electron chi connectivity index (χ4n) is 5.22. The van der Waals surface area contributed by atoms with Gasteiger partial charge in [0.05, 0.1) is 5.69 Å². The van der Waals surface area contributed by atoms with Crippen molar-refractivity contribution in [3.63, 3.8) is 0 Å². The summed E-state index contributed by atoms with van der Waals surface area (Å²) in [5.74, 6) is 2.55. The summed E-state index contributed by atoms with van der Waals surface area (Å²) in [6, 6.07) is 10.8. The number of aromatic nitrogens is 1. The van der Waals surface area contributed by atoms with Crippen LogP contribution in [0.2, 0.25) is 0 Å². The van der Waals surface area contributed by atoms with E-state index in [1.165, 1.54) is 30.6 Å². The second-order valence-electron chi connectivity index (χ2n) is 9.56. The molecule has 32 heavy (non-hydrogen) atoms. The molecular formula is C25H38N6O. The molecule has 4 rings (SSSR count). The van der Waals surface area contributed by atoms with Gasteiger partial charge in [0, 0.05) is 72.0 Å². The van der Waals surface area contributed by atoms with E-state index in [1.54, 1.807) is 6.26 Å². The van der Waals surface area contributed by atoms with E-state index in [2.05, 4.69) is 68.3 Å². The van der Waals surface area contributed by atoms with Gasteiger partial charge in [0.1, 0.15) is 6.26 Å². The molecule has 0 aliphatic carbocycles. The molecule has 2 aromatic rings. The maximum absolute atomic E-state index is 4.96. The van der Waals surface area contributed by atoms with Crippen molar-refractivity contribution < 1.29 is 4.52 Å². The van der Waals surface area contributed by atoms with Crippen LogP contribution in [0.1, 0.15) is 37.1 Å². The zero-order valence-corrected chi connectivity index (χ0v) is 19.8. The van der Waals surface area contributed by atoms with Gasteiger partial charge in [-0.2, -0.15) is 0 Å². The van der Waals surface area contributed by atoms with E-state index in [1.807, 2.05) is 13.1 Å². The first-order valence-electron chi connectivity index (χ1n) is 12.0. The molecule has 174 valence electrons. The number of hydrogen-bond donors (Lipinski definition) is 1. The molecule has 7 nitrogen and oxygen atoms in total. The fourth-order valence-corrected chi connectivity index (χ4v) is 5.22. The third kappa shape index (κ3) is 6.11. The normalized spacial score (nSPS) is 23.5. The Morgan fingerprint density at radius 3 is 2.38 bits per heavy atom. The summed E-state index contributed by atoms with van der Waals surface area (Å²) < 4.78 is 4.96. The van der Waals surface area contributed by atoms with Crippen LogP contribution in [0.25, 0.3) is 0 Å². The van der Waals surface area contributed by atoms with Crippen molar-refractivity contribution in [3.05, 3.63) is 53.4 Å². The summed E-state index contributed by atoms with van der Waals surface area (Å²) >= 11 is 0. The lowest BCUT2D eigenvalue weighted by molar-refractivity contribution is 0.134. The van der Waals surface area contributed by atoms with Crippen LogP contribution in [-0.4, -0.2) is 72.1 Å². The highest BCUT2D eigenvalue weighted by Crippen LogP contribution is 2.23. The van der Waals surface area contributed by atoms with Crippen molar-refractivity contribution >= 4 is 5.96 Å². The molecule has 1 aromatic heterocycles. The van der Waals surface area contributed by atoms with Crippen molar-refractivity contribution in [2.75, 3.05) is 46.3 Å². The maximum atomic E-state index is 4.96. The molecule has 3 heterocycles. The summed E-state index contributed by atoms with van der Waals surface area (Å²) in [5.41, 5.74) is 3.79. The average molecular weight is 439 g/mol. The van der Waals surface area contributed by atoms with E-state index < -0.39 is 0 Å². The largest absolute Gasteiger partial charge is 0.364 e. The number of nitrogens with zero attached hydrogens (tertiary/aromatic N) is 5. The Balaban J connectivity index is 1.30. The number of rotatable bonds is 6. The fraction of sp³-hybridized carbons (Fsp3) is 0.600. The Hall–Kier alpha value is -2.38. The first-order chi connectivity index (χ1) is 15.6. The lowest BCUT2D eigenvalue weighted by Gasteiger charge is -2.36. The second kappa shape index (κ2) is 11.0. The van der Waals surface area contributed by atoms with Crippen molar-refractivity contribution in [2.45, 2.75) is 39.9 Å². The van der Waals surface area contributed by atoms with Crippen LogP contribution < -0.4 is 5.32 Å². The maximum Gasteiger partial charge on any atom is 0.194 e. The van der Waals surface area contributed by atoms with Gasteiger partial charge in [-0.15, -0.1) is 0 Å². The number of piperazine rings is 1. The molecule has 2 saturated heterocycles. The third-order valence-corrected chi connectivity index (χ3v) is 6.65. The Bertz CT molecular complexity index is 849. The van der Waals surface area contributed by atoms with Gasteiger partial charge in [0.2, 0.25) is 0 Å². The molecular weight excluding hydrogens is 400 g/mol. The monoisotopic (exact) mass is 438 g/mol. The first-order valence-corrected chi connectivity index (χ1v) is 12.0. The number of nitrogens with one attached hydrogen (secondary N) is 1. The summed E-state index contributed by atoms with van der Waals surface area (Å²) in [7, 11) is 1.88. The third-order valence-electron chi connectivity index (χ3n) is 6.65. The van der Waals surface area contributed by atoms with Gasteiger partial charge in [-0.3, -0.25) is 14.8 Å². The van der Waals surface area contributed by atoms with Crippen molar-refractivity contribution in [3.8, 4) is 0 Å². The standard InChI is InChI=1S/C25H38N6O/c1-20-14-21(2)17-30(16-20)18-23-7-5-4-6-22(23)15-27-25(26-3)31-11-9-29(10-12-31)19-24-8-13-32-28-24/h4-8,13,20-21H,9-12,14-19H2,1-3H3,(H,26,27). The quantitative estimate of drug-likeness (QED) is 0.553. The van der Waals surface area contributed by atoms with Crippen LogP contribution >= 0.6 is 0 Å². The molecule has 2 aliphatic rings. The minimum Gasteiger partial charge on any atom is -0.364 e. The van der Waals surface area contributed by atoms with Gasteiger partial charge < -0.3 is 14.7 Å². The van der Waals surface area contributed by atoms with Crippen LogP contribution in [0, 0.1) is 11.8 Å². The molecule has 0 radical (unpaired) electrons. The van der Waals surface area contributed by atoms with Crippen LogP contribution in [0.5, 0.6) is 0 Å². The molecule has 0 bridgehead atoms. The zero-order valence-electron chi connectivity index (χ0n) is 19.8. The van der Waals surface area contributed by atoms with Crippen molar-refractivity contribution in [1.82, 2.24) is 25.2 Å². The number of benzene rings is 1. The Kier molecular flexibility index (Phi) is 7.81. The van der Waals surface area contributed by atoms with Gasteiger partial charge >= 0.3 is 0 Å². The molecule has 1 N–H and O–H groups in total. The molecule has 7 heteroatoms. The average Bonchev–Trinajstić information content (AvgIpc) is 3.29. The van der Waals surface area contributed by atoms with Gasteiger partial charge in [0.25, 0.3) is 0 Å². The molecule has 2 aliphatic heterocycles. The van der Waals surface area contributed by atoms with Crippen molar-refractivity contribution in [2.24, 2.45) is 16.8 Å². The van der Waals surface area contributed by atoms with Crippen molar-refractivity contribution in [1.29, 1.82) is 0 Å². The van der Waals surface area contributed by atoms with Crippen LogP contribution in [0.15, 0.2) is 46.1 Å². The van der Waals surface area contributed by atoms with E-state index >= 15 is 0 Å². The number of hydrogen-bond acceptors (Lipinski definition) is 5. The zero-order chi connectivity index (χ0) is 22.3.